The van der Waals surface area contributed by atoms with E-state index in [9.17, 15) is 9.65 Å². The Balaban J connectivity index is 2.05. The van der Waals surface area contributed by atoms with E-state index in [0.717, 1.165) is 11.1 Å². The summed E-state index contributed by atoms with van der Waals surface area (Å²) in [7, 11) is 0. The molecule has 0 heterocycles. The Labute approximate surface area is 123 Å². The summed E-state index contributed by atoms with van der Waals surface area (Å²) in [5, 5.41) is 9.33. The number of nitrogens with zero attached hydrogens (tertiary/aromatic N) is 1. The van der Waals surface area contributed by atoms with E-state index in [4.69, 9.17) is 10.5 Å². The molecule has 0 aliphatic carbocycles. The third-order valence-electron chi connectivity index (χ3n) is 3.33. The Morgan fingerprint density at radius 3 is 2.62 bits per heavy atom. The number of aryl methyl sites for hydroxylation is 1. The molecule has 2 aromatic carbocycles. The van der Waals surface area contributed by atoms with Gasteiger partial charge < -0.3 is 10.5 Å². The lowest BCUT2D eigenvalue weighted by molar-refractivity contribution is 0.269. The number of rotatable bonds is 5. The molecule has 3 nitrogen and oxygen atoms in total. The lowest BCUT2D eigenvalue weighted by Gasteiger charge is -2.22. The highest BCUT2D eigenvalue weighted by Crippen LogP contribution is 2.23. The largest absolute Gasteiger partial charge is 0.490 e. The summed E-state index contributed by atoms with van der Waals surface area (Å²) in [4.78, 5) is 0. The number of nitrogens with two attached hydrogens (primary N) is 1. The zero-order valence-electron chi connectivity index (χ0n) is 11.8. The van der Waals surface area contributed by atoms with Gasteiger partial charge in [0.2, 0.25) is 0 Å². The van der Waals surface area contributed by atoms with E-state index >= 15 is 0 Å². The summed E-state index contributed by atoms with van der Waals surface area (Å²) < 4.78 is 19.0. The Morgan fingerprint density at radius 1 is 1.24 bits per heavy atom. The topological polar surface area (TPSA) is 59.0 Å². The van der Waals surface area contributed by atoms with Gasteiger partial charge in [0.1, 0.15) is 5.54 Å². The second-order valence-corrected chi connectivity index (χ2v) is 4.98. The predicted molar refractivity (Wildman–Crippen MR) is 79.2 cm³/mol. The maximum Gasteiger partial charge on any atom is 0.165 e. The van der Waals surface area contributed by atoms with Gasteiger partial charge in [0.25, 0.3) is 0 Å². The SMILES string of the molecule is Cc1ccc(F)c(OCCC(N)(C#N)c2ccccc2)c1. The van der Waals surface area contributed by atoms with Crippen molar-refractivity contribution in [2.45, 2.75) is 18.9 Å². The fraction of sp³-hybridized carbons (Fsp3) is 0.235. The zero-order valence-corrected chi connectivity index (χ0v) is 11.8. The van der Waals surface area contributed by atoms with E-state index in [-0.39, 0.29) is 18.8 Å². The van der Waals surface area contributed by atoms with Gasteiger partial charge in [-0.3, -0.25) is 0 Å². The van der Waals surface area contributed by atoms with Crippen molar-refractivity contribution in [1.82, 2.24) is 0 Å². The van der Waals surface area contributed by atoms with Crippen molar-refractivity contribution in [3.8, 4) is 11.8 Å². The van der Waals surface area contributed by atoms with Crippen molar-refractivity contribution in [3.05, 3.63) is 65.5 Å². The van der Waals surface area contributed by atoms with Gasteiger partial charge in [-0.1, -0.05) is 36.4 Å². The summed E-state index contributed by atoms with van der Waals surface area (Å²) in [5.74, 6) is -0.233. The molecule has 4 heteroatoms. The maximum atomic E-state index is 13.6. The number of nitriles is 1. The van der Waals surface area contributed by atoms with Gasteiger partial charge in [-0.05, 0) is 30.2 Å². The summed E-state index contributed by atoms with van der Waals surface area (Å²) in [6.45, 7) is 2.03. The van der Waals surface area contributed by atoms with Crippen molar-refractivity contribution < 1.29 is 9.13 Å². The molecule has 1 atom stereocenters. The normalized spacial score (nSPS) is 13.2. The molecular formula is C17H17FN2O. The number of ether oxygens (including phenoxy) is 1. The van der Waals surface area contributed by atoms with Crippen LogP contribution >= 0.6 is 0 Å². The second-order valence-electron chi connectivity index (χ2n) is 4.98. The molecule has 0 radical (unpaired) electrons. The zero-order chi connectivity index (χ0) is 15.3. The maximum absolute atomic E-state index is 13.6. The number of hydrogen-bond donors (Lipinski definition) is 1. The van der Waals surface area contributed by atoms with Gasteiger partial charge >= 0.3 is 0 Å². The molecule has 2 aromatic rings. The van der Waals surface area contributed by atoms with Crippen LogP contribution in [0.3, 0.4) is 0 Å². The molecule has 0 saturated carbocycles. The number of halogens is 1. The highest BCUT2D eigenvalue weighted by molar-refractivity contribution is 5.31. The van der Waals surface area contributed by atoms with Crippen LogP contribution in [0.2, 0.25) is 0 Å². The molecule has 0 fully saturated rings. The highest BCUT2D eigenvalue weighted by atomic mass is 19.1. The first-order valence-corrected chi connectivity index (χ1v) is 6.70. The first-order valence-electron chi connectivity index (χ1n) is 6.70. The summed E-state index contributed by atoms with van der Waals surface area (Å²) in [6, 6.07) is 15.9. The molecule has 0 aliphatic heterocycles. The summed E-state index contributed by atoms with van der Waals surface area (Å²) in [6.07, 6.45) is 0.279. The molecule has 0 saturated heterocycles. The van der Waals surface area contributed by atoms with Crippen molar-refractivity contribution in [3.63, 3.8) is 0 Å². The summed E-state index contributed by atoms with van der Waals surface area (Å²) >= 11 is 0. The van der Waals surface area contributed by atoms with E-state index in [1.54, 1.807) is 24.3 Å². The average molecular weight is 284 g/mol. The van der Waals surface area contributed by atoms with Crippen molar-refractivity contribution in [1.29, 1.82) is 5.26 Å². The van der Waals surface area contributed by atoms with Crippen LogP contribution in [0.25, 0.3) is 0 Å². The van der Waals surface area contributed by atoms with E-state index in [0.29, 0.717) is 0 Å². The Morgan fingerprint density at radius 2 is 1.95 bits per heavy atom. The minimum Gasteiger partial charge on any atom is -0.490 e. The van der Waals surface area contributed by atoms with Gasteiger partial charge in [0, 0.05) is 6.42 Å². The van der Waals surface area contributed by atoms with Crippen LogP contribution in [0.15, 0.2) is 48.5 Å². The fourth-order valence-electron chi connectivity index (χ4n) is 2.04. The summed E-state index contributed by atoms with van der Waals surface area (Å²) in [5.41, 5.74) is 6.61. The third-order valence-corrected chi connectivity index (χ3v) is 3.33. The Kier molecular flexibility index (Phi) is 4.56. The van der Waals surface area contributed by atoms with Gasteiger partial charge in [0.15, 0.2) is 11.6 Å². The molecular weight excluding hydrogens is 267 g/mol. The van der Waals surface area contributed by atoms with E-state index in [2.05, 4.69) is 6.07 Å². The molecule has 0 amide bonds. The smallest absolute Gasteiger partial charge is 0.165 e. The van der Waals surface area contributed by atoms with Crippen LogP contribution in [-0.2, 0) is 5.54 Å². The number of benzene rings is 2. The molecule has 21 heavy (non-hydrogen) atoms. The molecule has 2 rings (SSSR count). The molecule has 0 aliphatic rings. The van der Waals surface area contributed by atoms with Crippen LogP contribution in [0.4, 0.5) is 4.39 Å². The molecule has 0 spiro atoms. The van der Waals surface area contributed by atoms with Crippen molar-refractivity contribution in [2.24, 2.45) is 5.73 Å². The fourth-order valence-corrected chi connectivity index (χ4v) is 2.04. The average Bonchev–Trinajstić information content (AvgIpc) is 2.51. The van der Waals surface area contributed by atoms with Gasteiger partial charge in [0.05, 0.1) is 12.7 Å². The van der Waals surface area contributed by atoms with Crippen LogP contribution in [0.1, 0.15) is 17.5 Å². The van der Waals surface area contributed by atoms with E-state index in [1.165, 1.54) is 6.07 Å². The number of hydrogen-bond acceptors (Lipinski definition) is 3. The first-order chi connectivity index (χ1) is 10.0. The van der Waals surface area contributed by atoms with Crippen LogP contribution in [0.5, 0.6) is 5.75 Å². The lowest BCUT2D eigenvalue weighted by atomic mass is 9.89. The molecule has 1 unspecified atom stereocenters. The predicted octanol–water partition coefficient (Wildman–Crippen LogP) is 3.28. The van der Waals surface area contributed by atoms with Crippen molar-refractivity contribution in [2.75, 3.05) is 6.61 Å². The minimum absolute atomic E-state index is 0.166. The van der Waals surface area contributed by atoms with Gasteiger partial charge in [-0.25, -0.2) is 4.39 Å². The lowest BCUT2D eigenvalue weighted by Crippen LogP contribution is -2.36. The van der Waals surface area contributed by atoms with E-state index in [1.807, 2.05) is 25.1 Å². The van der Waals surface area contributed by atoms with Crippen LogP contribution in [0, 0.1) is 24.1 Å². The standard InChI is InChI=1S/C17H17FN2O/c1-13-7-8-15(18)16(11-13)21-10-9-17(20,12-19)14-5-3-2-4-6-14/h2-8,11H,9-10,20H2,1H3. The molecule has 2 N–H and O–H groups in total. The minimum atomic E-state index is -1.14. The first kappa shape index (κ1) is 15.0. The Hall–Kier alpha value is -2.38. The van der Waals surface area contributed by atoms with Gasteiger partial charge in [-0.2, -0.15) is 5.26 Å². The molecule has 0 aromatic heterocycles. The van der Waals surface area contributed by atoms with E-state index < -0.39 is 11.4 Å². The van der Waals surface area contributed by atoms with Crippen molar-refractivity contribution >= 4 is 0 Å². The highest BCUT2D eigenvalue weighted by Gasteiger charge is 2.27. The third kappa shape index (κ3) is 3.59. The Bertz CT molecular complexity index is 652. The van der Waals surface area contributed by atoms with Gasteiger partial charge in [-0.15, -0.1) is 0 Å². The molecule has 108 valence electrons. The van der Waals surface area contributed by atoms with Crippen LogP contribution in [-0.4, -0.2) is 6.61 Å². The monoisotopic (exact) mass is 284 g/mol. The second kappa shape index (κ2) is 6.38. The quantitative estimate of drug-likeness (QED) is 0.916. The molecule has 0 bridgehead atoms. The van der Waals surface area contributed by atoms with Crippen LogP contribution < -0.4 is 10.5 Å².